The standard InChI is InChI=1S/C13H12F3N3OS/c14-13(15,16)9-3-5-17-10(8-9)12(20)19-4-1-2-11-18-6-7-21-11/h3,5-8H,1-2,4H2,(H,19,20). The summed E-state index contributed by atoms with van der Waals surface area (Å²) in [4.78, 5) is 19.5. The fraction of sp³-hybridized carbons (Fsp3) is 0.308. The average Bonchev–Trinajstić information content (AvgIpc) is 2.96. The van der Waals surface area contributed by atoms with Crippen LogP contribution in [0.5, 0.6) is 0 Å². The molecule has 0 unspecified atom stereocenters. The smallest absolute Gasteiger partial charge is 0.351 e. The predicted molar refractivity (Wildman–Crippen MR) is 72.0 cm³/mol. The van der Waals surface area contributed by atoms with Crippen LogP contribution in [0.15, 0.2) is 29.9 Å². The molecular formula is C13H12F3N3OS. The number of thiazole rings is 1. The van der Waals surface area contributed by atoms with Crippen LogP contribution in [0.2, 0.25) is 0 Å². The lowest BCUT2D eigenvalue weighted by Gasteiger charge is -2.08. The van der Waals surface area contributed by atoms with Crippen LogP contribution in [0.25, 0.3) is 0 Å². The van der Waals surface area contributed by atoms with Gasteiger partial charge in [0, 0.05) is 30.7 Å². The summed E-state index contributed by atoms with van der Waals surface area (Å²) in [6, 6.07) is 1.58. The number of halogens is 3. The number of amides is 1. The third-order valence-electron chi connectivity index (χ3n) is 2.66. The van der Waals surface area contributed by atoms with Crippen molar-refractivity contribution >= 4 is 17.2 Å². The van der Waals surface area contributed by atoms with Crippen LogP contribution in [-0.4, -0.2) is 22.4 Å². The Kier molecular flexibility index (Phi) is 4.89. The molecule has 0 bridgehead atoms. The van der Waals surface area contributed by atoms with Gasteiger partial charge in [-0.1, -0.05) is 0 Å². The molecule has 2 aromatic heterocycles. The molecular weight excluding hydrogens is 303 g/mol. The van der Waals surface area contributed by atoms with Crippen molar-refractivity contribution < 1.29 is 18.0 Å². The Morgan fingerprint density at radius 1 is 1.29 bits per heavy atom. The van der Waals surface area contributed by atoms with E-state index in [0.29, 0.717) is 19.4 Å². The van der Waals surface area contributed by atoms with Crippen LogP contribution < -0.4 is 5.32 Å². The number of hydrogen-bond donors (Lipinski definition) is 1. The lowest BCUT2D eigenvalue weighted by molar-refractivity contribution is -0.137. The summed E-state index contributed by atoms with van der Waals surface area (Å²) in [5.41, 5.74) is -1.12. The Labute approximate surface area is 123 Å². The highest BCUT2D eigenvalue weighted by Gasteiger charge is 2.31. The van der Waals surface area contributed by atoms with Gasteiger partial charge in [-0.15, -0.1) is 11.3 Å². The first-order chi connectivity index (χ1) is 9.97. The van der Waals surface area contributed by atoms with Gasteiger partial charge in [-0.05, 0) is 18.6 Å². The van der Waals surface area contributed by atoms with E-state index in [1.165, 1.54) is 11.3 Å². The quantitative estimate of drug-likeness (QED) is 0.863. The van der Waals surface area contributed by atoms with Crippen molar-refractivity contribution in [2.24, 2.45) is 0 Å². The van der Waals surface area contributed by atoms with Gasteiger partial charge in [0.1, 0.15) is 5.69 Å². The molecule has 4 nitrogen and oxygen atoms in total. The minimum Gasteiger partial charge on any atom is -0.351 e. The Morgan fingerprint density at radius 2 is 2.10 bits per heavy atom. The highest BCUT2D eigenvalue weighted by atomic mass is 32.1. The number of hydrogen-bond acceptors (Lipinski definition) is 4. The summed E-state index contributed by atoms with van der Waals surface area (Å²) in [6.45, 7) is 0.357. The summed E-state index contributed by atoms with van der Waals surface area (Å²) >= 11 is 1.52. The monoisotopic (exact) mass is 315 g/mol. The van der Waals surface area contributed by atoms with E-state index in [1.807, 2.05) is 5.38 Å². The summed E-state index contributed by atoms with van der Waals surface area (Å²) < 4.78 is 37.6. The highest BCUT2D eigenvalue weighted by molar-refractivity contribution is 7.09. The van der Waals surface area contributed by atoms with Gasteiger partial charge in [0.05, 0.1) is 10.6 Å². The van der Waals surface area contributed by atoms with Gasteiger partial charge >= 0.3 is 6.18 Å². The van der Waals surface area contributed by atoms with Gasteiger partial charge in [0.15, 0.2) is 0 Å². The third kappa shape index (κ3) is 4.52. The van der Waals surface area contributed by atoms with E-state index >= 15 is 0 Å². The first kappa shape index (κ1) is 15.4. The molecule has 2 rings (SSSR count). The normalized spacial score (nSPS) is 11.4. The van der Waals surface area contributed by atoms with Crippen molar-refractivity contribution in [1.82, 2.24) is 15.3 Å². The SMILES string of the molecule is O=C(NCCCc1nccs1)c1cc(C(F)(F)F)ccn1. The van der Waals surface area contributed by atoms with Crippen LogP contribution >= 0.6 is 11.3 Å². The second kappa shape index (κ2) is 6.66. The van der Waals surface area contributed by atoms with Crippen LogP contribution in [0, 0.1) is 0 Å². The average molecular weight is 315 g/mol. The first-order valence-corrected chi connectivity index (χ1v) is 7.04. The van der Waals surface area contributed by atoms with Crippen molar-refractivity contribution in [2.45, 2.75) is 19.0 Å². The maximum Gasteiger partial charge on any atom is 0.416 e. The van der Waals surface area contributed by atoms with Gasteiger partial charge in [-0.3, -0.25) is 9.78 Å². The molecule has 0 aromatic carbocycles. The molecule has 8 heteroatoms. The molecule has 2 aromatic rings. The number of aryl methyl sites for hydroxylation is 1. The fourth-order valence-electron chi connectivity index (χ4n) is 1.64. The lowest BCUT2D eigenvalue weighted by atomic mass is 10.2. The van der Waals surface area contributed by atoms with E-state index in [1.54, 1.807) is 6.20 Å². The number of aromatic nitrogens is 2. The second-order valence-electron chi connectivity index (χ2n) is 4.21. The summed E-state index contributed by atoms with van der Waals surface area (Å²) in [7, 11) is 0. The van der Waals surface area contributed by atoms with Crippen molar-refractivity contribution in [3.8, 4) is 0 Å². The molecule has 0 saturated heterocycles. The summed E-state index contributed by atoms with van der Waals surface area (Å²) in [6.07, 6.45) is -0.423. The molecule has 0 aliphatic heterocycles. The van der Waals surface area contributed by atoms with Gasteiger partial charge in [-0.2, -0.15) is 13.2 Å². The van der Waals surface area contributed by atoms with E-state index in [2.05, 4.69) is 15.3 Å². The maximum atomic E-state index is 12.5. The topological polar surface area (TPSA) is 54.9 Å². The van der Waals surface area contributed by atoms with Crippen LogP contribution in [0.1, 0.15) is 27.5 Å². The Hall–Kier alpha value is -1.96. The number of nitrogens with one attached hydrogen (secondary N) is 1. The zero-order valence-electron chi connectivity index (χ0n) is 10.9. The van der Waals surface area contributed by atoms with Gasteiger partial charge in [-0.25, -0.2) is 4.98 Å². The molecule has 0 saturated carbocycles. The van der Waals surface area contributed by atoms with Gasteiger partial charge in [0.2, 0.25) is 0 Å². The minimum absolute atomic E-state index is 0.237. The molecule has 1 N–H and O–H groups in total. The number of pyridine rings is 1. The minimum atomic E-state index is -4.48. The zero-order valence-corrected chi connectivity index (χ0v) is 11.7. The van der Waals surface area contributed by atoms with E-state index in [0.717, 1.165) is 23.3 Å². The highest BCUT2D eigenvalue weighted by Crippen LogP contribution is 2.28. The fourth-order valence-corrected chi connectivity index (χ4v) is 2.30. The summed E-state index contributed by atoms with van der Waals surface area (Å²) in [5.74, 6) is -0.611. The van der Waals surface area contributed by atoms with E-state index in [4.69, 9.17) is 0 Å². The van der Waals surface area contributed by atoms with Crippen LogP contribution in [0.3, 0.4) is 0 Å². The number of rotatable bonds is 5. The number of nitrogens with zero attached hydrogens (tertiary/aromatic N) is 2. The van der Waals surface area contributed by atoms with Crippen molar-refractivity contribution in [2.75, 3.05) is 6.54 Å². The molecule has 0 fully saturated rings. The second-order valence-corrected chi connectivity index (χ2v) is 5.19. The maximum absolute atomic E-state index is 12.5. The lowest BCUT2D eigenvalue weighted by Crippen LogP contribution is -2.26. The largest absolute Gasteiger partial charge is 0.416 e. The van der Waals surface area contributed by atoms with E-state index in [9.17, 15) is 18.0 Å². The first-order valence-electron chi connectivity index (χ1n) is 6.16. The van der Waals surface area contributed by atoms with Gasteiger partial charge in [0.25, 0.3) is 5.91 Å². The Bertz CT molecular complexity index is 599. The molecule has 0 spiro atoms. The molecule has 0 radical (unpaired) electrons. The zero-order chi connectivity index (χ0) is 15.3. The van der Waals surface area contributed by atoms with Crippen LogP contribution in [-0.2, 0) is 12.6 Å². The molecule has 0 aliphatic rings. The molecule has 0 aliphatic carbocycles. The molecule has 21 heavy (non-hydrogen) atoms. The Balaban J connectivity index is 1.85. The summed E-state index contributed by atoms with van der Waals surface area (Å²) in [5, 5.41) is 5.37. The number of carbonyl (C=O) groups excluding carboxylic acids is 1. The Morgan fingerprint density at radius 3 is 2.76 bits per heavy atom. The number of carbonyl (C=O) groups is 1. The van der Waals surface area contributed by atoms with E-state index in [-0.39, 0.29) is 5.69 Å². The number of alkyl halides is 3. The molecule has 2 heterocycles. The van der Waals surface area contributed by atoms with Crippen LogP contribution in [0.4, 0.5) is 13.2 Å². The van der Waals surface area contributed by atoms with Crippen molar-refractivity contribution in [1.29, 1.82) is 0 Å². The molecule has 0 atom stereocenters. The predicted octanol–water partition coefficient (Wildman–Crippen LogP) is 2.92. The third-order valence-corrected chi connectivity index (χ3v) is 3.50. The van der Waals surface area contributed by atoms with E-state index < -0.39 is 17.6 Å². The van der Waals surface area contributed by atoms with Gasteiger partial charge < -0.3 is 5.32 Å². The molecule has 1 amide bonds. The molecule has 112 valence electrons. The van der Waals surface area contributed by atoms with Crippen molar-refractivity contribution in [3.05, 3.63) is 46.2 Å². The van der Waals surface area contributed by atoms with Crippen molar-refractivity contribution in [3.63, 3.8) is 0 Å².